The van der Waals surface area contributed by atoms with Gasteiger partial charge in [0.05, 0.1) is 7.11 Å². The summed E-state index contributed by atoms with van der Waals surface area (Å²) in [6.45, 7) is 2.55. The molecule has 0 bridgehead atoms. The van der Waals surface area contributed by atoms with Crippen LogP contribution in [0.3, 0.4) is 0 Å². The van der Waals surface area contributed by atoms with E-state index in [1.54, 1.807) is 7.11 Å². The molecule has 4 aromatic carbocycles. The molecule has 1 N–H and O–H groups in total. The Balaban J connectivity index is 1.19. The summed E-state index contributed by atoms with van der Waals surface area (Å²) in [5, 5.41) is 3.84. The van der Waals surface area contributed by atoms with Crippen LogP contribution in [0.4, 0.5) is 0 Å². The molecule has 1 unspecified atom stereocenters. The fraction of sp³-hybridized carbons (Fsp3) is 0.226. The molecule has 3 heterocycles. The second-order valence-corrected chi connectivity index (χ2v) is 9.74. The van der Waals surface area contributed by atoms with Gasteiger partial charge in [0.15, 0.2) is 11.5 Å². The molecule has 0 amide bonds. The molecule has 0 saturated heterocycles. The van der Waals surface area contributed by atoms with Crippen molar-refractivity contribution in [3.63, 3.8) is 0 Å². The number of nitrogens with zero attached hydrogens (tertiary/aromatic N) is 1. The van der Waals surface area contributed by atoms with E-state index >= 15 is 0 Å². The Morgan fingerprint density at radius 3 is 2.69 bits per heavy atom. The largest absolute Gasteiger partial charge is 0.493 e. The van der Waals surface area contributed by atoms with Crippen molar-refractivity contribution in [2.75, 3.05) is 13.7 Å². The van der Waals surface area contributed by atoms with Crippen molar-refractivity contribution < 1.29 is 9.47 Å². The Hall–Kier alpha value is -3.76. The van der Waals surface area contributed by atoms with Crippen molar-refractivity contribution in [1.29, 1.82) is 0 Å². The first-order valence-electron chi connectivity index (χ1n) is 12.4. The van der Waals surface area contributed by atoms with E-state index in [0.29, 0.717) is 12.6 Å². The Kier molecular flexibility index (Phi) is 4.81. The zero-order valence-corrected chi connectivity index (χ0v) is 19.9. The van der Waals surface area contributed by atoms with Gasteiger partial charge in [0.1, 0.15) is 6.61 Å². The van der Waals surface area contributed by atoms with Gasteiger partial charge in [0, 0.05) is 35.7 Å². The molecule has 1 aromatic heterocycles. The number of aromatic nitrogens is 1. The lowest BCUT2D eigenvalue weighted by Gasteiger charge is -2.40. The fourth-order valence-corrected chi connectivity index (χ4v) is 5.97. The lowest BCUT2D eigenvalue weighted by molar-refractivity contribution is 0.158. The zero-order chi connectivity index (χ0) is 23.4. The molecule has 35 heavy (non-hydrogen) atoms. The summed E-state index contributed by atoms with van der Waals surface area (Å²) in [5.74, 6) is 1.65. The number of fused-ring (bicyclic) bond motifs is 7. The minimum absolute atomic E-state index is 0.369. The molecule has 2 aliphatic heterocycles. The van der Waals surface area contributed by atoms with Crippen molar-refractivity contribution in [3.05, 3.63) is 107 Å². The molecule has 7 rings (SSSR count). The van der Waals surface area contributed by atoms with Crippen LogP contribution in [0.1, 0.15) is 34.0 Å². The summed E-state index contributed by atoms with van der Waals surface area (Å²) in [5.41, 5.74) is 7.99. The number of H-pyrrole nitrogens is 1. The maximum Gasteiger partial charge on any atom is 0.161 e. The minimum atomic E-state index is 0.369. The van der Waals surface area contributed by atoms with Gasteiger partial charge in [-0.05, 0) is 70.1 Å². The molecule has 0 saturated carbocycles. The third-order valence-electron chi connectivity index (χ3n) is 7.76. The van der Waals surface area contributed by atoms with Crippen LogP contribution >= 0.6 is 0 Å². The highest BCUT2D eigenvalue weighted by molar-refractivity contribution is 5.85. The highest BCUT2D eigenvalue weighted by atomic mass is 16.5. The Labute approximate surface area is 205 Å². The lowest BCUT2D eigenvalue weighted by Crippen LogP contribution is -2.39. The molecule has 2 aliphatic rings. The summed E-state index contributed by atoms with van der Waals surface area (Å²) in [6, 6.07) is 28.4. The van der Waals surface area contributed by atoms with Crippen molar-refractivity contribution in [3.8, 4) is 11.5 Å². The summed E-state index contributed by atoms with van der Waals surface area (Å²) < 4.78 is 12.1. The van der Waals surface area contributed by atoms with Crippen molar-refractivity contribution in [1.82, 2.24) is 9.88 Å². The average Bonchev–Trinajstić information content (AvgIpc) is 3.27. The van der Waals surface area contributed by atoms with Crippen LogP contribution in [0.15, 0.2) is 78.9 Å². The van der Waals surface area contributed by atoms with Crippen LogP contribution < -0.4 is 9.47 Å². The molecule has 174 valence electrons. The molecule has 4 nitrogen and oxygen atoms in total. The minimum Gasteiger partial charge on any atom is -0.493 e. The van der Waals surface area contributed by atoms with Crippen molar-refractivity contribution in [2.24, 2.45) is 0 Å². The second kappa shape index (κ2) is 8.17. The van der Waals surface area contributed by atoms with Crippen LogP contribution in [0.25, 0.3) is 21.7 Å². The Morgan fingerprint density at radius 1 is 0.914 bits per heavy atom. The van der Waals surface area contributed by atoms with E-state index < -0.39 is 0 Å². The van der Waals surface area contributed by atoms with Gasteiger partial charge >= 0.3 is 0 Å². The van der Waals surface area contributed by atoms with E-state index in [0.717, 1.165) is 43.0 Å². The van der Waals surface area contributed by atoms with E-state index in [4.69, 9.17) is 9.47 Å². The third-order valence-corrected chi connectivity index (χ3v) is 7.76. The Morgan fingerprint density at radius 2 is 1.77 bits per heavy atom. The molecular formula is C31H28N2O2. The van der Waals surface area contributed by atoms with Crippen molar-refractivity contribution in [2.45, 2.75) is 32.0 Å². The first-order valence-corrected chi connectivity index (χ1v) is 12.4. The Bertz CT molecular complexity index is 1570. The van der Waals surface area contributed by atoms with Gasteiger partial charge < -0.3 is 14.5 Å². The molecule has 0 aliphatic carbocycles. The topological polar surface area (TPSA) is 37.5 Å². The molecule has 0 radical (unpaired) electrons. The van der Waals surface area contributed by atoms with Crippen LogP contribution in [0.2, 0.25) is 0 Å². The standard InChI is InChI=1S/C31H28N2O2/c1-34-30-17-25-23(15-31(30)35-19-20-10-11-21-6-2-3-7-22(21)14-20)12-13-33-18-28-26(16-29(25)33)24-8-4-5-9-27(24)32-28/h2-11,14-15,17,29,32H,12-13,16,18-19H2,1H3. The molecule has 0 fully saturated rings. The first-order chi connectivity index (χ1) is 17.3. The van der Waals surface area contributed by atoms with Crippen LogP contribution in [-0.4, -0.2) is 23.5 Å². The molecule has 1 atom stereocenters. The maximum absolute atomic E-state index is 6.32. The molecule has 5 aromatic rings. The van der Waals surface area contributed by atoms with Gasteiger partial charge in [-0.3, -0.25) is 4.90 Å². The highest BCUT2D eigenvalue weighted by Crippen LogP contribution is 2.44. The maximum atomic E-state index is 6.32. The number of ether oxygens (including phenoxy) is 2. The third kappa shape index (κ3) is 3.48. The smallest absolute Gasteiger partial charge is 0.161 e. The quantitative estimate of drug-likeness (QED) is 0.330. The summed E-state index contributed by atoms with van der Waals surface area (Å²) in [7, 11) is 1.74. The molecular weight excluding hydrogens is 432 g/mol. The van der Waals surface area contributed by atoms with Gasteiger partial charge in [0.2, 0.25) is 0 Å². The first kappa shape index (κ1) is 20.6. The van der Waals surface area contributed by atoms with Crippen LogP contribution in [-0.2, 0) is 26.0 Å². The number of hydrogen-bond donors (Lipinski definition) is 1. The summed E-state index contributed by atoms with van der Waals surface area (Å²) in [6.07, 6.45) is 2.05. The monoisotopic (exact) mass is 460 g/mol. The number of hydrogen-bond acceptors (Lipinski definition) is 3. The predicted octanol–water partition coefficient (Wildman–Crippen LogP) is 6.56. The number of aromatic amines is 1. The van der Waals surface area contributed by atoms with Crippen molar-refractivity contribution >= 4 is 21.7 Å². The number of rotatable bonds is 4. The normalized spacial score (nSPS) is 17.1. The van der Waals surface area contributed by atoms with Gasteiger partial charge in [-0.25, -0.2) is 0 Å². The van der Waals surface area contributed by atoms with Gasteiger partial charge in [-0.15, -0.1) is 0 Å². The van der Waals surface area contributed by atoms with Gasteiger partial charge in [-0.1, -0.05) is 54.6 Å². The zero-order valence-electron chi connectivity index (χ0n) is 19.9. The number of para-hydroxylation sites is 1. The molecule has 4 heteroatoms. The molecule has 0 spiro atoms. The van der Waals surface area contributed by atoms with Crippen LogP contribution in [0, 0.1) is 0 Å². The van der Waals surface area contributed by atoms with E-state index in [-0.39, 0.29) is 0 Å². The average molecular weight is 461 g/mol. The summed E-state index contributed by atoms with van der Waals surface area (Å²) >= 11 is 0. The predicted molar refractivity (Wildman–Crippen MR) is 140 cm³/mol. The van der Waals surface area contributed by atoms with E-state index in [1.807, 2.05) is 0 Å². The second-order valence-electron chi connectivity index (χ2n) is 9.74. The summed E-state index contributed by atoms with van der Waals surface area (Å²) in [4.78, 5) is 6.27. The van der Waals surface area contributed by atoms with E-state index in [1.165, 1.54) is 44.1 Å². The number of nitrogens with one attached hydrogen (secondary N) is 1. The van der Waals surface area contributed by atoms with E-state index in [9.17, 15) is 0 Å². The fourth-order valence-electron chi connectivity index (χ4n) is 5.97. The van der Waals surface area contributed by atoms with Gasteiger partial charge in [-0.2, -0.15) is 0 Å². The highest BCUT2D eigenvalue weighted by Gasteiger charge is 2.34. The lowest BCUT2D eigenvalue weighted by atomic mass is 9.85. The number of methoxy groups -OCH3 is 1. The van der Waals surface area contributed by atoms with Crippen LogP contribution in [0.5, 0.6) is 11.5 Å². The van der Waals surface area contributed by atoms with E-state index in [2.05, 4.69) is 88.7 Å². The number of benzene rings is 4. The SMILES string of the molecule is COc1cc2c(cc1OCc1ccc3ccccc3c1)CCN1Cc3[nH]c4ccccc4c3CC21. The van der Waals surface area contributed by atoms with Gasteiger partial charge in [0.25, 0.3) is 0 Å².